The van der Waals surface area contributed by atoms with Crippen molar-refractivity contribution >= 4 is 5.71 Å². The van der Waals surface area contributed by atoms with Crippen LogP contribution in [0.4, 0.5) is 0 Å². The molecule has 0 aliphatic heterocycles. The second-order valence-electron chi connectivity index (χ2n) is 2.56. The molecule has 0 heterocycles. The van der Waals surface area contributed by atoms with Gasteiger partial charge in [-0.25, -0.2) is 0 Å². The molecule has 0 fully saturated rings. The Balaban J connectivity index is 4.11. The van der Waals surface area contributed by atoms with Gasteiger partial charge in [0.15, 0.2) is 0 Å². The van der Waals surface area contributed by atoms with Crippen LogP contribution in [0.3, 0.4) is 0 Å². The average molecular weight is 152 g/mol. The normalized spacial score (nSPS) is 12.9. The van der Waals surface area contributed by atoms with Crippen LogP contribution in [0, 0.1) is 5.92 Å². The smallest absolute Gasteiger partial charge is 0.0340 e. The molecule has 0 aliphatic carbocycles. The lowest BCUT2D eigenvalue weighted by Gasteiger charge is -2.04. The van der Waals surface area contributed by atoms with Crippen LogP contribution < -0.4 is 5.73 Å². The topological polar surface area (TPSA) is 38.4 Å². The van der Waals surface area contributed by atoms with E-state index < -0.39 is 0 Å². The fraction of sp³-hybridized carbons (Fsp3) is 0.444. The first kappa shape index (κ1) is 10.1. The molecule has 2 N–H and O–H groups in total. The van der Waals surface area contributed by atoms with Gasteiger partial charge >= 0.3 is 0 Å². The van der Waals surface area contributed by atoms with Crippen molar-refractivity contribution in [3.05, 3.63) is 24.9 Å². The molecule has 0 aromatic rings. The van der Waals surface area contributed by atoms with Crippen molar-refractivity contribution in [1.29, 1.82) is 0 Å². The van der Waals surface area contributed by atoms with Gasteiger partial charge in [0.05, 0.1) is 0 Å². The number of nitrogens with two attached hydrogens (primary N) is 1. The van der Waals surface area contributed by atoms with Crippen LogP contribution in [0.25, 0.3) is 0 Å². The molecule has 62 valence electrons. The summed E-state index contributed by atoms with van der Waals surface area (Å²) in [6, 6.07) is 0. The third-order valence-corrected chi connectivity index (χ3v) is 1.34. The Morgan fingerprint density at radius 3 is 2.64 bits per heavy atom. The van der Waals surface area contributed by atoms with Crippen molar-refractivity contribution in [3.63, 3.8) is 0 Å². The van der Waals surface area contributed by atoms with Crippen molar-refractivity contribution in [2.45, 2.75) is 13.8 Å². The first-order valence-corrected chi connectivity index (χ1v) is 3.76. The highest BCUT2D eigenvalue weighted by atomic mass is 14.7. The lowest BCUT2D eigenvalue weighted by molar-refractivity contribution is 0.864. The molecule has 0 spiro atoms. The van der Waals surface area contributed by atoms with Gasteiger partial charge in [0.2, 0.25) is 0 Å². The molecule has 0 atom stereocenters. The minimum Gasteiger partial charge on any atom is -0.325 e. The monoisotopic (exact) mass is 152 g/mol. The predicted octanol–water partition coefficient (Wildman–Crippen LogP) is 1.74. The minimum atomic E-state index is 0.425. The van der Waals surface area contributed by atoms with Crippen molar-refractivity contribution in [3.8, 4) is 0 Å². The van der Waals surface area contributed by atoms with Gasteiger partial charge in [-0.2, -0.15) is 0 Å². The Kier molecular flexibility index (Phi) is 5.39. The number of nitrogens with zero attached hydrogens (tertiary/aromatic N) is 1. The van der Waals surface area contributed by atoms with Gasteiger partial charge in [-0.05, 0) is 12.0 Å². The van der Waals surface area contributed by atoms with E-state index in [1.807, 2.05) is 0 Å². The first-order chi connectivity index (χ1) is 5.22. The maximum atomic E-state index is 5.47. The minimum absolute atomic E-state index is 0.425. The molecule has 0 amide bonds. The number of aliphatic imine (C=N–C) groups is 1. The fourth-order valence-electron chi connectivity index (χ4n) is 0.637. The fourth-order valence-corrected chi connectivity index (χ4v) is 0.637. The molecule has 0 rings (SSSR count). The number of hydrogen-bond donors (Lipinski definition) is 1. The van der Waals surface area contributed by atoms with Crippen LogP contribution >= 0.6 is 0 Å². The molecule has 2 nitrogen and oxygen atoms in total. The van der Waals surface area contributed by atoms with E-state index in [0.717, 1.165) is 5.71 Å². The Morgan fingerprint density at radius 1 is 1.64 bits per heavy atom. The van der Waals surface area contributed by atoms with Gasteiger partial charge in [0, 0.05) is 18.5 Å². The number of hydrogen-bond acceptors (Lipinski definition) is 2. The third-order valence-electron chi connectivity index (χ3n) is 1.34. The molecular weight excluding hydrogens is 136 g/mol. The number of rotatable bonds is 4. The van der Waals surface area contributed by atoms with E-state index >= 15 is 0 Å². The number of allylic oxidation sites excluding steroid dienone is 2. The van der Waals surface area contributed by atoms with Crippen LogP contribution in [-0.4, -0.2) is 12.3 Å². The first-order valence-electron chi connectivity index (χ1n) is 3.76. The highest BCUT2D eigenvalue weighted by Gasteiger charge is 1.99. The van der Waals surface area contributed by atoms with Gasteiger partial charge in [-0.3, -0.25) is 4.99 Å². The zero-order valence-corrected chi connectivity index (χ0v) is 7.25. The highest BCUT2D eigenvalue weighted by Crippen LogP contribution is 1.95. The average Bonchev–Trinajstić information content (AvgIpc) is 1.97. The van der Waals surface area contributed by atoms with E-state index in [-0.39, 0.29) is 0 Å². The van der Waals surface area contributed by atoms with Gasteiger partial charge in [-0.15, -0.1) is 0 Å². The summed E-state index contributed by atoms with van der Waals surface area (Å²) >= 11 is 0. The van der Waals surface area contributed by atoms with Crippen molar-refractivity contribution < 1.29 is 0 Å². The summed E-state index contributed by atoms with van der Waals surface area (Å²) < 4.78 is 0. The molecule has 0 radical (unpaired) electrons. The predicted molar refractivity (Wildman–Crippen MR) is 50.7 cm³/mol. The van der Waals surface area contributed by atoms with Gasteiger partial charge < -0.3 is 5.73 Å². The molecular formula is C9H16N2. The third kappa shape index (κ3) is 4.51. The van der Waals surface area contributed by atoms with Crippen LogP contribution in [0.2, 0.25) is 0 Å². The standard InChI is InChI=1S/C9H16N2/c1-4-5-6-11-9(7-10)8(2)3/h4-6,8H,1,7,10H2,2-3H3/b6-5-,11-9?. The van der Waals surface area contributed by atoms with E-state index in [1.54, 1.807) is 18.4 Å². The highest BCUT2D eigenvalue weighted by molar-refractivity contribution is 5.88. The maximum absolute atomic E-state index is 5.47. The molecule has 0 saturated carbocycles. The molecule has 0 aromatic heterocycles. The Hall–Kier alpha value is -0.890. The van der Waals surface area contributed by atoms with E-state index in [0.29, 0.717) is 12.5 Å². The van der Waals surface area contributed by atoms with Crippen LogP contribution in [0.5, 0.6) is 0 Å². The summed E-state index contributed by atoms with van der Waals surface area (Å²) in [6.07, 6.45) is 5.20. The summed E-state index contributed by atoms with van der Waals surface area (Å²) in [5.41, 5.74) is 6.48. The second-order valence-corrected chi connectivity index (χ2v) is 2.56. The van der Waals surface area contributed by atoms with E-state index in [2.05, 4.69) is 25.4 Å². The summed E-state index contributed by atoms with van der Waals surface area (Å²) in [6.45, 7) is 8.22. The SMILES string of the molecule is C=C/C=C\N=C(CN)C(C)C. The lowest BCUT2D eigenvalue weighted by atomic mass is 10.1. The quantitative estimate of drug-likeness (QED) is 0.483. The van der Waals surface area contributed by atoms with Crippen LogP contribution in [0.1, 0.15) is 13.8 Å². The molecule has 0 unspecified atom stereocenters. The molecule has 0 aromatic carbocycles. The Bertz CT molecular complexity index is 166. The molecule has 2 heteroatoms. The van der Waals surface area contributed by atoms with Gasteiger partial charge in [0.25, 0.3) is 0 Å². The summed E-state index contributed by atoms with van der Waals surface area (Å²) in [4.78, 5) is 4.17. The largest absolute Gasteiger partial charge is 0.325 e. The molecule has 0 bridgehead atoms. The molecule has 0 saturated heterocycles. The van der Waals surface area contributed by atoms with Crippen molar-refractivity contribution in [2.75, 3.05) is 6.54 Å². The van der Waals surface area contributed by atoms with Crippen molar-refractivity contribution in [2.24, 2.45) is 16.6 Å². The molecule has 11 heavy (non-hydrogen) atoms. The van der Waals surface area contributed by atoms with Crippen LogP contribution in [0.15, 0.2) is 29.9 Å². The Morgan fingerprint density at radius 2 is 2.27 bits per heavy atom. The van der Waals surface area contributed by atoms with Crippen LogP contribution in [-0.2, 0) is 0 Å². The zero-order chi connectivity index (χ0) is 8.69. The lowest BCUT2D eigenvalue weighted by Crippen LogP contribution is -2.18. The Labute approximate surface area is 68.5 Å². The van der Waals surface area contributed by atoms with E-state index in [1.165, 1.54) is 0 Å². The summed E-state index contributed by atoms with van der Waals surface area (Å²) in [5.74, 6) is 0.425. The summed E-state index contributed by atoms with van der Waals surface area (Å²) in [7, 11) is 0. The maximum Gasteiger partial charge on any atom is 0.0340 e. The van der Waals surface area contributed by atoms with Gasteiger partial charge in [-0.1, -0.05) is 26.5 Å². The van der Waals surface area contributed by atoms with E-state index in [4.69, 9.17) is 5.73 Å². The second kappa shape index (κ2) is 5.86. The van der Waals surface area contributed by atoms with Crippen molar-refractivity contribution in [1.82, 2.24) is 0 Å². The summed E-state index contributed by atoms with van der Waals surface area (Å²) in [5, 5.41) is 0. The van der Waals surface area contributed by atoms with Gasteiger partial charge in [0.1, 0.15) is 0 Å². The zero-order valence-electron chi connectivity index (χ0n) is 7.25. The van der Waals surface area contributed by atoms with E-state index in [9.17, 15) is 0 Å². The molecule has 0 aliphatic rings.